The van der Waals surface area contributed by atoms with Gasteiger partial charge < -0.3 is 4.90 Å². The molecule has 0 spiro atoms. The van der Waals surface area contributed by atoms with Crippen molar-refractivity contribution in [2.75, 3.05) is 20.6 Å². The minimum atomic E-state index is 0.411. The number of hydrogen-bond acceptors (Lipinski definition) is 2. The van der Waals surface area contributed by atoms with E-state index >= 15 is 0 Å². The first-order valence-corrected chi connectivity index (χ1v) is 9.97. The largest absolute Gasteiger partial charge is 0.309 e. The van der Waals surface area contributed by atoms with Crippen molar-refractivity contribution in [1.82, 2.24) is 4.90 Å². The summed E-state index contributed by atoms with van der Waals surface area (Å²) in [5.41, 5.74) is 2.79. The molecule has 3 aromatic carbocycles. The molecular formula is C24H27NS. The lowest BCUT2D eigenvalue weighted by atomic mass is 9.81. The maximum atomic E-state index is 2.35. The van der Waals surface area contributed by atoms with Crippen LogP contribution in [0, 0.1) is 5.92 Å². The third kappa shape index (κ3) is 5.00. The highest BCUT2D eigenvalue weighted by molar-refractivity contribution is 7.99. The molecule has 0 N–H and O–H groups in total. The predicted octanol–water partition coefficient (Wildman–Crippen LogP) is 6.17. The molecule has 3 aromatic rings. The molecule has 0 saturated heterocycles. The van der Waals surface area contributed by atoms with Gasteiger partial charge >= 0.3 is 0 Å². The fourth-order valence-electron chi connectivity index (χ4n) is 3.56. The monoisotopic (exact) mass is 361 g/mol. The zero-order chi connectivity index (χ0) is 18.4. The summed E-state index contributed by atoms with van der Waals surface area (Å²) < 4.78 is 0. The van der Waals surface area contributed by atoms with Gasteiger partial charge in [-0.25, -0.2) is 0 Å². The maximum absolute atomic E-state index is 2.35. The lowest BCUT2D eigenvalue weighted by Gasteiger charge is -2.27. The molecule has 2 atom stereocenters. The third-order valence-electron chi connectivity index (χ3n) is 4.60. The van der Waals surface area contributed by atoms with E-state index in [2.05, 4.69) is 111 Å². The molecule has 0 radical (unpaired) electrons. The van der Waals surface area contributed by atoms with Crippen molar-refractivity contribution >= 4 is 11.8 Å². The minimum absolute atomic E-state index is 0.411. The van der Waals surface area contributed by atoms with Crippen molar-refractivity contribution in [2.45, 2.75) is 22.6 Å². The Morgan fingerprint density at radius 1 is 0.692 bits per heavy atom. The van der Waals surface area contributed by atoms with Gasteiger partial charge in [0.05, 0.1) is 0 Å². The second kappa shape index (κ2) is 9.07. The molecule has 0 saturated carbocycles. The molecule has 0 aromatic heterocycles. The van der Waals surface area contributed by atoms with Crippen molar-refractivity contribution in [3.05, 3.63) is 96.1 Å². The van der Waals surface area contributed by atoms with Crippen molar-refractivity contribution < 1.29 is 0 Å². The lowest BCUT2D eigenvalue weighted by Crippen LogP contribution is -2.25. The molecule has 134 valence electrons. The lowest BCUT2D eigenvalue weighted by molar-refractivity contribution is 0.320. The van der Waals surface area contributed by atoms with Crippen LogP contribution in [0.15, 0.2) is 94.7 Å². The fourth-order valence-corrected chi connectivity index (χ4v) is 4.40. The highest BCUT2D eigenvalue weighted by Crippen LogP contribution is 2.34. The van der Waals surface area contributed by atoms with Crippen LogP contribution in [0.1, 0.15) is 24.0 Å². The van der Waals surface area contributed by atoms with E-state index < -0.39 is 0 Å². The van der Waals surface area contributed by atoms with Gasteiger partial charge in [-0.3, -0.25) is 0 Å². The Balaban J connectivity index is 1.84. The number of hydrogen-bond donors (Lipinski definition) is 0. The fraction of sp³-hybridized carbons (Fsp3) is 0.250. The van der Waals surface area contributed by atoms with Crippen LogP contribution in [0.4, 0.5) is 0 Å². The van der Waals surface area contributed by atoms with Gasteiger partial charge in [0.25, 0.3) is 0 Å². The summed E-state index contributed by atoms with van der Waals surface area (Å²) in [7, 11) is 4.30. The second-order valence-electron chi connectivity index (χ2n) is 7.11. The van der Waals surface area contributed by atoms with Gasteiger partial charge in [0, 0.05) is 22.3 Å². The summed E-state index contributed by atoms with van der Waals surface area (Å²) in [6.07, 6.45) is 0. The zero-order valence-corrected chi connectivity index (χ0v) is 16.6. The van der Waals surface area contributed by atoms with Crippen LogP contribution < -0.4 is 0 Å². The Hall–Kier alpha value is -2.03. The molecule has 0 amide bonds. The van der Waals surface area contributed by atoms with Crippen LogP contribution >= 0.6 is 11.8 Å². The predicted molar refractivity (Wildman–Crippen MR) is 113 cm³/mol. The molecule has 3 rings (SSSR count). The first-order valence-electron chi connectivity index (χ1n) is 9.16. The standard InChI is InChI=1S/C24H27NS/c1-19(18-25(2)3)24(20-10-6-4-7-11-20)21-14-16-23(17-15-21)26-22-12-8-5-9-13-22/h4-17,19,24H,18H2,1-3H3. The number of benzene rings is 3. The Morgan fingerprint density at radius 3 is 1.77 bits per heavy atom. The van der Waals surface area contributed by atoms with Gasteiger partial charge in [-0.1, -0.05) is 79.3 Å². The van der Waals surface area contributed by atoms with Gasteiger partial charge in [-0.05, 0) is 55.4 Å². The quantitative estimate of drug-likeness (QED) is 0.495. The molecule has 0 bridgehead atoms. The smallest absolute Gasteiger partial charge is 0.0127 e. The molecule has 0 heterocycles. The summed E-state index contributed by atoms with van der Waals surface area (Å²) in [5, 5.41) is 0. The van der Waals surface area contributed by atoms with E-state index in [0.717, 1.165) is 6.54 Å². The van der Waals surface area contributed by atoms with Gasteiger partial charge in [-0.2, -0.15) is 0 Å². The van der Waals surface area contributed by atoms with Crippen LogP contribution in [0.5, 0.6) is 0 Å². The van der Waals surface area contributed by atoms with Crippen LogP contribution in [-0.4, -0.2) is 25.5 Å². The van der Waals surface area contributed by atoms with Crippen LogP contribution in [0.2, 0.25) is 0 Å². The van der Waals surface area contributed by atoms with E-state index in [1.54, 1.807) is 0 Å². The van der Waals surface area contributed by atoms with Gasteiger partial charge in [0.1, 0.15) is 0 Å². The second-order valence-corrected chi connectivity index (χ2v) is 8.26. The Kier molecular flexibility index (Phi) is 6.54. The molecule has 0 fully saturated rings. The summed E-state index contributed by atoms with van der Waals surface area (Å²) in [4.78, 5) is 4.84. The molecule has 0 aliphatic carbocycles. The van der Waals surface area contributed by atoms with Crippen molar-refractivity contribution in [2.24, 2.45) is 5.92 Å². The molecule has 0 aliphatic rings. The average molecular weight is 362 g/mol. The summed E-state index contributed by atoms with van der Waals surface area (Å²) >= 11 is 1.81. The van der Waals surface area contributed by atoms with Crippen molar-refractivity contribution in [3.8, 4) is 0 Å². The molecular weight excluding hydrogens is 334 g/mol. The SMILES string of the molecule is CC(CN(C)C)C(c1ccccc1)c1ccc(Sc2ccccc2)cc1. The maximum Gasteiger partial charge on any atom is 0.0127 e. The van der Waals surface area contributed by atoms with E-state index in [-0.39, 0.29) is 0 Å². The van der Waals surface area contributed by atoms with E-state index in [9.17, 15) is 0 Å². The number of nitrogens with zero attached hydrogens (tertiary/aromatic N) is 1. The Bertz CT molecular complexity index is 781. The first-order chi connectivity index (χ1) is 12.6. The summed E-state index contributed by atoms with van der Waals surface area (Å²) in [6.45, 7) is 3.42. The first kappa shape index (κ1) is 18.8. The van der Waals surface area contributed by atoms with Crippen molar-refractivity contribution in [1.29, 1.82) is 0 Å². The summed E-state index contributed by atoms with van der Waals surface area (Å²) in [6, 6.07) is 30.5. The van der Waals surface area contributed by atoms with Crippen LogP contribution in [-0.2, 0) is 0 Å². The molecule has 2 unspecified atom stereocenters. The van der Waals surface area contributed by atoms with E-state index in [1.165, 1.54) is 20.9 Å². The third-order valence-corrected chi connectivity index (χ3v) is 5.61. The minimum Gasteiger partial charge on any atom is -0.309 e. The normalized spacial score (nSPS) is 13.5. The molecule has 26 heavy (non-hydrogen) atoms. The van der Waals surface area contributed by atoms with E-state index in [0.29, 0.717) is 11.8 Å². The van der Waals surface area contributed by atoms with Crippen molar-refractivity contribution in [3.63, 3.8) is 0 Å². The molecule has 2 heteroatoms. The van der Waals surface area contributed by atoms with Crippen LogP contribution in [0.3, 0.4) is 0 Å². The molecule has 1 nitrogen and oxygen atoms in total. The molecule has 0 aliphatic heterocycles. The highest BCUT2D eigenvalue weighted by Gasteiger charge is 2.21. The highest BCUT2D eigenvalue weighted by atomic mass is 32.2. The van der Waals surface area contributed by atoms with E-state index in [1.807, 2.05) is 11.8 Å². The summed E-state index contributed by atoms with van der Waals surface area (Å²) in [5.74, 6) is 0.953. The van der Waals surface area contributed by atoms with Gasteiger partial charge in [0.2, 0.25) is 0 Å². The Morgan fingerprint density at radius 2 is 1.19 bits per heavy atom. The van der Waals surface area contributed by atoms with Gasteiger partial charge in [-0.15, -0.1) is 0 Å². The number of rotatable bonds is 7. The van der Waals surface area contributed by atoms with Crippen LogP contribution in [0.25, 0.3) is 0 Å². The van der Waals surface area contributed by atoms with Gasteiger partial charge in [0.15, 0.2) is 0 Å². The zero-order valence-electron chi connectivity index (χ0n) is 15.8. The topological polar surface area (TPSA) is 3.24 Å². The van der Waals surface area contributed by atoms with E-state index in [4.69, 9.17) is 0 Å². The average Bonchev–Trinajstić information content (AvgIpc) is 2.64. The Labute approximate surface area is 162 Å².